The summed E-state index contributed by atoms with van der Waals surface area (Å²) in [4.78, 5) is 17.3. The van der Waals surface area contributed by atoms with E-state index in [1.54, 1.807) is 20.9 Å². The van der Waals surface area contributed by atoms with Crippen LogP contribution in [0.2, 0.25) is 0 Å². The molecule has 0 aliphatic heterocycles. The lowest BCUT2D eigenvalue weighted by atomic mass is 10.1. The molecule has 9 nitrogen and oxygen atoms in total. The average Bonchev–Trinajstić information content (AvgIpc) is 3.56. The van der Waals surface area contributed by atoms with Crippen LogP contribution in [0.4, 0.5) is 5.69 Å². The van der Waals surface area contributed by atoms with Gasteiger partial charge in [0.05, 0.1) is 17.6 Å². The van der Waals surface area contributed by atoms with E-state index in [1.807, 2.05) is 68.6 Å². The first-order valence-corrected chi connectivity index (χ1v) is 10.7. The number of benzene rings is 2. The average molecular weight is 443 g/mol. The summed E-state index contributed by atoms with van der Waals surface area (Å²) in [5.41, 5.74) is 4.59. The summed E-state index contributed by atoms with van der Waals surface area (Å²) in [6.07, 6.45) is 3.64. The summed E-state index contributed by atoms with van der Waals surface area (Å²) < 4.78 is 3.42. The third-order valence-corrected chi connectivity index (χ3v) is 5.80. The minimum absolute atomic E-state index is 0.286. The van der Waals surface area contributed by atoms with Gasteiger partial charge in [0.25, 0.3) is 5.91 Å². The number of carbonyl (C=O) groups excluding carboxylic acids is 1. The Morgan fingerprint density at radius 2 is 1.94 bits per heavy atom. The number of amides is 1. The first-order valence-electron chi connectivity index (χ1n) is 9.82. The van der Waals surface area contributed by atoms with Crippen LogP contribution in [0.25, 0.3) is 21.9 Å². The molecule has 0 saturated carbocycles. The van der Waals surface area contributed by atoms with E-state index >= 15 is 0 Å². The van der Waals surface area contributed by atoms with Crippen molar-refractivity contribution in [1.82, 2.24) is 35.0 Å². The van der Waals surface area contributed by atoms with Crippen molar-refractivity contribution in [1.29, 1.82) is 0 Å². The number of nitrogens with zero attached hydrogens (tertiary/aromatic N) is 7. The Morgan fingerprint density at radius 1 is 1.09 bits per heavy atom. The summed E-state index contributed by atoms with van der Waals surface area (Å²) in [7, 11) is 0. The van der Waals surface area contributed by atoms with Crippen LogP contribution in [0.1, 0.15) is 21.9 Å². The van der Waals surface area contributed by atoms with Gasteiger partial charge in [-0.3, -0.25) is 4.79 Å². The quantitative estimate of drug-likeness (QED) is 0.444. The van der Waals surface area contributed by atoms with Gasteiger partial charge in [-0.1, -0.05) is 24.3 Å². The molecule has 2 aromatic carbocycles. The van der Waals surface area contributed by atoms with E-state index in [4.69, 9.17) is 0 Å². The lowest BCUT2D eigenvalue weighted by molar-refractivity contribution is 0.102. The number of para-hydroxylation sites is 1. The SMILES string of the molecule is Cc1ccc(NC(=O)c2csc(-c3cnn(-c4ccccc4)c3)n2)cc1-n1nnnc1C. The van der Waals surface area contributed by atoms with Crippen molar-refractivity contribution < 1.29 is 4.79 Å². The maximum absolute atomic E-state index is 12.8. The van der Waals surface area contributed by atoms with Gasteiger partial charge in [0, 0.05) is 22.8 Å². The second-order valence-corrected chi connectivity index (χ2v) is 8.00. The molecule has 1 amide bonds. The Labute approximate surface area is 187 Å². The fraction of sp³-hybridized carbons (Fsp3) is 0.0909. The lowest BCUT2D eigenvalue weighted by Crippen LogP contribution is -2.13. The highest BCUT2D eigenvalue weighted by Gasteiger charge is 2.15. The number of rotatable bonds is 5. The van der Waals surface area contributed by atoms with Gasteiger partial charge in [-0.15, -0.1) is 16.4 Å². The largest absolute Gasteiger partial charge is 0.321 e. The smallest absolute Gasteiger partial charge is 0.275 e. The minimum Gasteiger partial charge on any atom is -0.321 e. The van der Waals surface area contributed by atoms with E-state index in [2.05, 4.69) is 30.9 Å². The minimum atomic E-state index is -0.286. The summed E-state index contributed by atoms with van der Waals surface area (Å²) in [6, 6.07) is 15.4. The molecule has 3 heterocycles. The summed E-state index contributed by atoms with van der Waals surface area (Å²) in [5, 5.41) is 21.4. The van der Waals surface area contributed by atoms with Crippen molar-refractivity contribution in [2.24, 2.45) is 0 Å². The summed E-state index contributed by atoms with van der Waals surface area (Å²) in [6.45, 7) is 3.78. The molecule has 10 heteroatoms. The molecule has 0 aliphatic rings. The van der Waals surface area contributed by atoms with Crippen molar-refractivity contribution in [2.45, 2.75) is 13.8 Å². The van der Waals surface area contributed by atoms with Gasteiger partial charge in [-0.05, 0) is 54.1 Å². The predicted molar refractivity (Wildman–Crippen MR) is 121 cm³/mol. The fourth-order valence-electron chi connectivity index (χ4n) is 3.23. The summed E-state index contributed by atoms with van der Waals surface area (Å²) in [5.74, 6) is 0.378. The predicted octanol–water partition coefficient (Wildman–Crippen LogP) is 3.84. The van der Waals surface area contributed by atoms with Gasteiger partial charge in [0.15, 0.2) is 5.82 Å². The maximum Gasteiger partial charge on any atom is 0.275 e. The van der Waals surface area contributed by atoms with Gasteiger partial charge in [-0.25, -0.2) is 9.67 Å². The highest BCUT2D eigenvalue weighted by atomic mass is 32.1. The van der Waals surface area contributed by atoms with E-state index in [0.717, 1.165) is 27.5 Å². The number of aryl methyl sites for hydroxylation is 2. The number of anilines is 1. The Hall–Kier alpha value is -4.18. The van der Waals surface area contributed by atoms with Crippen LogP contribution in [0.3, 0.4) is 0 Å². The first kappa shape index (κ1) is 19.8. The molecule has 5 rings (SSSR count). The molecule has 0 aliphatic carbocycles. The topological polar surface area (TPSA) is 103 Å². The molecule has 3 aromatic heterocycles. The van der Waals surface area contributed by atoms with E-state index in [9.17, 15) is 4.79 Å². The molecule has 32 heavy (non-hydrogen) atoms. The van der Waals surface area contributed by atoms with E-state index < -0.39 is 0 Å². The summed E-state index contributed by atoms with van der Waals surface area (Å²) >= 11 is 1.40. The molecular formula is C22H18N8OS. The standard InChI is InChI=1S/C22H18N8OS/c1-14-8-9-17(10-20(14)30-15(2)26-27-28-30)24-21(31)19-13-32-22(25-19)16-11-23-29(12-16)18-6-4-3-5-7-18/h3-13H,1-2H3,(H,24,31). The van der Waals surface area contributed by atoms with Crippen LogP contribution in [0.5, 0.6) is 0 Å². The molecular weight excluding hydrogens is 424 g/mol. The fourth-order valence-corrected chi connectivity index (χ4v) is 4.01. The van der Waals surface area contributed by atoms with Crippen molar-refractivity contribution in [3.8, 4) is 21.9 Å². The highest BCUT2D eigenvalue weighted by Crippen LogP contribution is 2.25. The molecule has 0 spiro atoms. The molecule has 0 unspecified atom stereocenters. The van der Waals surface area contributed by atoms with Gasteiger partial charge in [-0.2, -0.15) is 9.78 Å². The Morgan fingerprint density at radius 3 is 2.72 bits per heavy atom. The number of thiazole rings is 1. The molecule has 0 radical (unpaired) electrons. The van der Waals surface area contributed by atoms with Crippen molar-refractivity contribution in [2.75, 3.05) is 5.32 Å². The van der Waals surface area contributed by atoms with Crippen LogP contribution in [-0.4, -0.2) is 40.9 Å². The zero-order valence-electron chi connectivity index (χ0n) is 17.3. The number of hydrogen-bond donors (Lipinski definition) is 1. The lowest BCUT2D eigenvalue weighted by Gasteiger charge is -2.09. The molecule has 1 N–H and O–H groups in total. The van der Waals surface area contributed by atoms with Gasteiger partial charge in [0.1, 0.15) is 10.7 Å². The van der Waals surface area contributed by atoms with E-state index in [1.165, 1.54) is 11.3 Å². The van der Waals surface area contributed by atoms with Gasteiger partial charge in [0.2, 0.25) is 0 Å². The van der Waals surface area contributed by atoms with Gasteiger partial charge < -0.3 is 5.32 Å². The van der Waals surface area contributed by atoms with Crippen LogP contribution >= 0.6 is 11.3 Å². The Bertz CT molecular complexity index is 1400. The number of aromatic nitrogens is 7. The van der Waals surface area contributed by atoms with Crippen molar-refractivity contribution >= 4 is 22.9 Å². The number of hydrogen-bond acceptors (Lipinski definition) is 7. The van der Waals surface area contributed by atoms with Crippen molar-refractivity contribution in [3.05, 3.63) is 83.4 Å². The van der Waals surface area contributed by atoms with Crippen LogP contribution in [-0.2, 0) is 0 Å². The van der Waals surface area contributed by atoms with E-state index in [0.29, 0.717) is 17.2 Å². The van der Waals surface area contributed by atoms with Crippen LogP contribution in [0, 0.1) is 13.8 Å². The molecule has 158 valence electrons. The maximum atomic E-state index is 12.8. The molecule has 5 aromatic rings. The number of carbonyl (C=O) groups is 1. The number of tetrazole rings is 1. The zero-order chi connectivity index (χ0) is 22.1. The molecule has 0 saturated heterocycles. The third kappa shape index (κ3) is 3.79. The monoisotopic (exact) mass is 442 g/mol. The van der Waals surface area contributed by atoms with E-state index in [-0.39, 0.29) is 5.91 Å². The second-order valence-electron chi connectivity index (χ2n) is 7.14. The zero-order valence-corrected chi connectivity index (χ0v) is 18.1. The first-order chi connectivity index (χ1) is 15.6. The highest BCUT2D eigenvalue weighted by molar-refractivity contribution is 7.13. The Balaban J connectivity index is 1.35. The van der Waals surface area contributed by atoms with Crippen LogP contribution < -0.4 is 5.32 Å². The third-order valence-electron chi connectivity index (χ3n) is 4.91. The van der Waals surface area contributed by atoms with Crippen LogP contribution in [0.15, 0.2) is 66.3 Å². The molecule has 0 atom stereocenters. The number of nitrogens with one attached hydrogen (secondary N) is 1. The Kier molecular flexibility index (Phi) is 5.04. The molecule has 0 bridgehead atoms. The normalized spacial score (nSPS) is 10.9. The second kappa shape index (κ2) is 8.16. The van der Waals surface area contributed by atoms with Crippen molar-refractivity contribution in [3.63, 3.8) is 0 Å². The van der Waals surface area contributed by atoms with Gasteiger partial charge >= 0.3 is 0 Å². The molecule has 0 fully saturated rings.